The van der Waals surface area contributed by atoms with Gasteiger partial charge in [-0.2, -0.15) is 4.58 Å². The number of hydrogen-bond acceptors (Lipinski definition) is 1. The Morgan fingerprint density at radius 3 is 2.11 bits per heavy atom. The predicted octanol–water partition coefficient (Wildman–Crippen LogP) is 11.9. The van der Waals surface area contributed by atoms with Crippen LogP contribution in [0.1, 0.15) is 91.2 Å². The lowest BCUT2D eigenvalue weighted by atomic mass is 9.79. The number of nitrogens with zero attached hydrogens (tertiary/aromatic N) is 2. The number of allylic oxidation sites excluding steroid dienone is 8. The van der Waals surface area contributed by atoms with Crippen LogP contribution in [-0.2, 0) is 10.8 Å². The van der Waals surface area contributed by atoms with Gasteiger partial charge in [0.1, 0.15) is 6.54 Å². The third-order valence-electron chi connectivity index (χ3n) is 11.0. The molecular weight excluding hydrogens is 569 g/mol. The second-order valence-electron chi connectivity index (χ2n) is 14.9. The molecule has 0 N–H and O–H groups in total. The lowest BCUT2D eigenvalue weighted by Crippen LogP contribution is -2.28. The molecule has 47 heavy (non-hydrogen) atoms. The normalized spacial score (nSPS) is 20.0. The molecule has 0 fully saturated rings. The smallest absolute Gasteiger partial charge is 0.210 e. The standard InChI is InChI=1S/C45H51N2/c1-7-9-29-46-38-25-23-34-15-11-13-17-36(34)42(38)44(3,4)40(46)27-21-32-19-20-33(31-32)22-28-41-45(5,6)43-37-18-14-12-16-35(37)24-26-39(43)47(41)30-10-8-2/h11-18,21-28,31H,7-10,19-20,29-30H2,1-6H3/q+1. The van der Waals surface area contributed by atoms with Crippen molar-refractivity contribution in [3.8, 4) is 0 Å². The van der Waals surface area contributed by atoms with E-state index in [2.05, 4.69) is 154 Å². The van der Waals surface area contributed by atoms with Crippen LogP contribution in [0.2, 0.25) is 0 Å². The van der Waals surface area contributed by atoms with E-state index in [1.807, 2.05) is 0 Å². The number of unbranched alkanes of at least 4 members (excludes halogenated alkanes) is 2. The van der Waals surface area contributed by atoms with Crippen LogP contribution in [0.3, 0.4) is 0 Å². The van der Waals surface area contributed by atoms with Crippen molar-refractivity contribution in [2.24, 2.45) is 0 Å². The maximum absolute atomic E-state index is 2.60. The van der Waals surface area contributed by atoms with Crippen LogP contribution in [0.5, 0.6) is 0 Å². The number of benzene rings is 4. The molecule has 0 bridgehead atoms. The molecular formula is C45H51N2+. The summed E-state index contributed by atoms with van der Waals surface area (Å²) in [5.74, 6) is 0. The molecule has 240 valence electrons. The van der Waals surface area contributed by atoms with Crippen molar-refractivity contribution in [1.82, 2.24) is 0 Å². The summed E-state index contributed by atoms with van der Waals surface area (Å²) in [6, 6.07) is 27.1. The Kier molecular flexibility index (Phi) is 8.33. The van der Waals surface area contributed by atoms with Crippen LogP contribution >= 0.6 is 0 Å². The fraction of sp³-hybridized carbons (Fsp3) is 0.356. The molecule has 2 aliphatic heterocycles. The number of rotatable bonds is 9. The average molecular weight is 620 g/mol. The Morgan fingerprint density at radius 1 is 0.702 bits per heavy atom. The number of fused-ring (bicyclic) bond motifs is 6. The molecule has 2 nitrogen and oxygen atoms in total. The van der Waals surface area contributed by atoms with Crippen molar-refractivity contribution >= 4 is 38.6 Å². The van der Waals surface area contributed by atoms with Crippen molar-refractivity contribution in [3.05, 3.63) is 131 Å². The largest absolute Gasteiger partial charge is 0.344 e. The summed E-state index contributed by atoms with van der Waals surface area (Å²) in [5, 5.41) is 5.43. The molecule has 0 amide bonds. The molecule has 3 aliphatic rings. The molecule has 0 unspecified atom stereocenters. The molecule has 7 rings (SSSR count). The maximum atomic E-state index is 2.60. The quantitative estimate of drug-likeness (QED) is 0.169. The lowest BCUT2D eigenvalue weighted by molar-refractivity contribution is -0.438. The van der Waals surface area contributed by atoms with Gasteiger partial charge in [-0.15, -0.1) is 0 Å². The zero-order valence-electron chi connectivity index (χ0n) is 29.4. The minimum Gasteiger partial charge on any atom is -0.344 e. The summed E-state index contributed by atoms with van der Waals surface area (Å²) in [5.41, 5.74) is 11.3. The molecule has 0 saturated heterocycles. The molecule has 1 aliphatic carbocycles. The van der Waals surface area contributed by atoms with Crippen LogP contribution in [-0.4, -0.2) is 23.4 Å². The Bertz CT molecular complexity index is 2010. The van der Waals surface area contributed by atoms with Gasteiger partial charge in [-0.1, -0.05) is 113 Å². The minimum absolute atomic E-state index is 0.0577. The van der Waals surface area contributed by atoms with Crippen molar-refractivity contribution in [2.45, 2.75) is 90.9 Å². The molecule has 0 saturated carbocycles. The first-order chi connectivity index (χ1) is 22.8. The van der Waals surface area contributed by atoms with Crippen molar-refractivity contribution in [1.29, 1.82) is 0 Å². The van der Waals surface area contributed by atoms with E-state index in [4.69, 9.17) is 0 Å². The van der Waals surface area contributed by atoms with E-state index in [1.165, 1.54) is 92.3 Å². The lowest BCUT2D eigenvalue weighted by Gasteiger charge is -2.27. The first-order valence-corrected chi connectivity index (χ1v) is 18.0. The highest BCUT2D eigenvalue weighted by Crippen LogP contribution is 2.51. The van der Waals surface area contributed by atoms with Gasteiger partial charge in [-0.05, 0) is 89.6 Å². The molecule has 2 heterocycles. The summed E-state index contributed by atoms with van der Waals surface area (Å²) in [4.78, 5) is 2.60. The van der Waals surface area contributed by atoms with E-state index in [-0.39, 0.29) is 10.8 Å². The molecule has 0 atom stereocenters. The monoisotopic (exact) mass is 619 g/mol. The summed E-state index contributed by atoms with van der Waals surface area (Å²) in [6.07, 6.45) is 19.1. The summed E-state index contributed by atoms with van der Waals surface area (Å²) in [6.45, 7) is 16.4. The van der Waals surface area contributed by atoms with E-state index in [9.17, 15) is 0 Å². The topological polar surface area (TPSA) is 6.25 Å². The molecule has 0 aromatic heterocycles. The van der Waals surface area contributed by atoms with Crippen LogP contribution in [0.25, 0.3) is 21.5 Å². The van der Waals surface area contributed by atoms with Crippen molar-refractivity contribution in [3.63, 3.8) is 0 Å². The second kappa shape index (κ2) is 12.5. The van der Waals surface area contributed by atoms with Gasteiger partial charge in [0.25, 0.3) is 0 Å². The van der Waals surface area contributed by atoms with Gasteiger partial charge in [-0.3, -0.25) is 0 Å². The third-order valence-corrected chi connectivity index (χ3v) is 11.0. The third kappa shape index (κ3) is 5.40. The van der Waals surface area contributed by atoms with E-state index in [0.717, 1.165) is 25.9 Å². The van der Waals surface area contributed by atoms with E-state index in [0.29, 0.717) is 0 Å². The van der Waals surface area contributed by atoms with Gasteiger partial charge in [0.05, 0.1) is 5.41 Å². The Labute approximate surface area is 282 Å². The number of anilines is 1. The zero-order valence-corrected chi connectivity index (χ0v) is 29.4. The van der Waals surface area contributed by atoms with Crippen molar-refractivity contribution in [2.75, 3.05) is 18.0 Å². The average Bonchev–Trinajstić information content (AvgIpc) is 3.68. The predicted molar refractivity (Wildman–Crippen MR) is 204 cm³/mol. The van der Waals surface area contributed by atoms with Crippen molar-refractivity contribution < 1.29 is 4.58 Å². The first kappa shape index (κ1) is 31.4. The van der Waals surface area contributed by atoms with Gasteiger partial charge >= 0.3 is 0 Å². The van der Waals surface area contributed by atoms with E-state index < -0.39 is 0 Å². The highest BCUT2D eigenvalue weighted by molar-refractivity contribution is 6.07. The first-order valence-electron chi connectivity index (χ1n) is 18.0. The molecule has 2 heteroatoms. The summed E-state index contributed by atoms with van der Waals surface area (Å²) in [7, 11) is 0. The van der Waals surface area contributed by atoms with E-state index >= 15 is 0 Å². The Hall–Kier alpha value is -4.17. The van der Waals surface area contributed by atoms with Gasteiger partial charge in [-0.25, -0.2) is 0 Å². The van der Waals surface area contributed by atoms with Crippen LogP contribution < -0.4 is 4.90 Å². The summed E-state index contributed by atoms with van der Waals surface area (Å²) >= 11 is 0. The summed E-state index contributed by atoms with van der Waals surface area (Å²) < 4.78 is 2.60. The highest BCUT2D eigenvalue weighted by Gasteiger charge is 2.45. The highest BCUT2D eigenvalue weighted by atomic mass is 15.2. The minimum atomic E-state index is -0.0577. The van der Waals surface area contributed by atoms with E-state index in [1.54, 1.807) is 0 Å². The molecule has 0 radical (unpaired) electrons. The second-order valence-corrected chi connectivity index (χ2v) is 14.9. The fourth-order valence-corrected chi connectivity index (χ4v) is 8.49. The van der Waals surface area contributed by atoms with Crippen LogP contribution in [0.15, 0.2) is 120 Å². The fourth-order valence-electron chi connectivity index (χ4n) is 8.49. The van der Waals surface area contributed by atoms with Crippen LogP contribution in [0.4, 0.5) is 11.4 Å². The van der Waals surface area contributed by atoms with Gasteiger partial charge in [0.15, 0.2) is 5.71 Å². The number of hydrogen-bond donors (Lipinski definition) is 0. The van der Waals surface area contributed by atoms with Gasteiger partial charge in [0.2, 0.25) is 5.69 Å². The molecule has 4 aromatic carbocycles. The van der Waals surface area contributed by atoms with Crippen LogP contribution in [0, 0.1) is 0 Å². The Morgan fingerprint density at radius 2 is 1.38 bits per heavy atom. The Balaban J connectivity index is 1.21. The zero-order chi connectivity index (χ0) is 32.8. The van der Waals surface area contributed by atoms with Gasteiger partial charge < -0.3 is 4.90 Å². The van der Waals surface area contributed by atoms with Gasteiger partial charge in [0, 0.05) is 47.5 Å². The maximum Gasteiger partial charge on any atom is 0.210 e. The SMILES string of the molecule is CCCCN1/C(=C/C=C2C=C(/C=C/C3=[N+](CCCC)c4ccc5ccccc5c4C3(C)C)CC/2)C(C)(C)c2c1ccc1ccccc21. The molecule has 4 aromatic rings. The molecule has 0 spiro atoms.